The molecule has 1 fully saturated rings. The lowest BCUT2D eigenvalue weighted by molar-refractivity contribution is 0.0700. The van der Waals surface area contributed by atoms with Gasteiger partial charge in [0.1, 0.15) is 4.88 Å². The van der Waals surface area contributed by atoms with Crippen LogP contribution in [0.4, 0.5) is 0 Å². The third-order valence-corrected chi connectivity index (χ3v) is 3.84. The second-order valence-electron chi connectivity index (χ2n) is 4.23. The minimum absolute atomic E-state index is 0.467. The number of hydrogen-bond acceptors (Lipinski definition) is 3. The number of carbonyl (C=O) groups is 1. The van der Waals surface area contributed by atoms with Crippen molar-refractivity contribution in [2.24, 2.45) is 5.92 Å². The first-order chi connectivity index (χ1) is 7.16. The SMILES string of the molecule is CC1CC(NCc2ccsc2C(=O)O)C1. The third-order valence-electron chi connectivity index (χ3n) is 2.90. The van der Waals surface area contributed by atoms with Crippen LogP contribution in [0.2, 0.25) is 0 Å². The first kappa shape index (κ1) is 10.6. The summed E-state index contributed by atoms with van der Waals surface area (Å²) in [6.07, 6.45) is 2.43. The Hall–Kier alpha value is -0.870. The summed E-state index contributed by atoms with van der Waals surface area (Å²) in [4.78, 5) is 11.3. The van der Waals surface area contributed by atoms with Crippen LogP contribution in [0.5, 0.6) is 0 Å². The summed E-state index contributed by atoms with van der Waals surface area (Å²) >= 11 is 1.30. The van der Waals surface area contributed by atoms with E-state index < -0.39 is 5.97 Å². The maximum atomic E-state index is 10.8. The Morgan fingerprint density at radius 2 is 2.40 bits per heavy atom. The van der Waals surface area contributed by atoms with Gasteiger partial charge in [-0.05, 0) is 35.8 Å². The van der Waals surface area contributed by atoms with Gasteiger partial charge in [0.15, 0.2) is 0 Å². The standard InChI is InChI=1S/C11H15NO2S/c1-7-4-9(5-7)12-6-8-2-3-15-10(8)11(13)14/h2-3,7,9,12H,4-6H2,1H3,(H,13,14). The molecule has 3 nitrogen and oxygen atoms in total. The van der Waals surface area contributed by atoms with Crippen LogP contribution in [0.25, 0.3) is 0 Å². The van der Waals surface area contributed by atoms with E-state index in [0.717, 1.165) is 11.5 Å². The molecule has 15 heavy (non-hydrogen) atoms. The lowest BCUT2D eigenvalue weighted by atomic mass is 9.82. The van der Waals surface area contributed by atoms with E-state index in [4.69, 9.17) is 5.11 Å². The van der Waals surface area contributed by atoms with Gasteiger partial charge < -0.3 is 10.4 Å². The number of aromatic carboxylic acids is 1. The van der Waals surface area contributed by atoms with Crippen LogP contribution in [0.1, 0.15) is 35.0 Å². The molecule has 0 aromatic carbocycles. The molecular weight excluding hydrogens is 210 g/mol. The maximum absolute atomic E-state index is 10.8. The fourth-order valence-electron chi connectivity index (χ4n) is 1.99. The van der Waals surface area contributed by atoms with Crippen LogP contribution in [0.3, 0.4) is 0 Å². The monoisotopic (exact) mass is 225 g/mol. The van der Waals surface area contributed by atoms with Crippen LogP contribution in [0.15, 0.2) is 11.4 Å². The summed E-state index contributed by atoms with van der Waals surface area (Å²) in [6.45, 7) is 2.92. The Balaban J connectivity index is 1.88. The highest BCUT2D eigenvalue weighted by molar-refractivity contribution is 7.12. The van der Waals surface area contributed by atoms with Crippen molar-refractivity contribution in [2.45, 2.75) is 32.4 Å². The molecule has 2 N–H and O–H groups in total. The molecule has 0 unspecified atom stereocenters. The van der Waals surface area contributed by atoms with Crippen LogP contribution >= 0.6 is 11.3 Å². The minimum Gasteiger partial charge on any atom is -0.477 e. The molecular formula is C11H15NO2S. The first-order valence-electron chi connectivity index (χ1n) is 5.20. The van der Waals surface area contributed by atoms with Crippen molar-refractivity contribution in [1.29, 1.82) is 0 Å². The Morgan fingerprint density at radius 3 is 3.00 bits per heavy atom. The summed E-state index contributed by atoms with van der Waals surface area (Å²) in [5.41, 5.74) is 0.909. The Kier molecular flexibility index (Phi) is 3.07. The van der Waals surface area contributed by atoms with E-state index in [1.165, 1.54) is 24.2 Å². The molecule has 82 valence electrons. The molecule has 2 rings (SSSR count). The van der Waals surface area contributed by atoms with E-state index in [-0.39, 0.29) is 0 Å². The predicted molar refractivity (Wildman–Crippen MR) is 60.3 cm³/mol. The normalized spacial score (nSPS) is 24.9. The second-order valence-corrected chi connectivity index (χ2v) is 5.15. The van der Waals surface area contributed by atoms with Gasteiger partial charge in [-0.3, -0.25) is 0 Å². The van der Waals surface area contributed by atoms with Gasteiger partial charge in [0.25, 0.3) is 0 Å². The van der Waals surface area contributed by atoms with Crippen molar-refractivity contribution in [3.8, 4) is 0 Å². The van der Waals surface area contributed by atoms with Gasteiger partial charge in [0.2, 0.25) is 0 Å². The zero-order valence-corrected chi connectivity index (χ0v) is 9.51. The number of carboxylic acid groups (broad SMARTS) is 1. The summed E-state index contributed by atoms with van der Waals surface area (Å²) in [6, 6.07) is 2.48. The van der Waals surface area contributed by atoms with E-state index in [0.29, 0.717) is 17.5 Å². The van der Waals surface area contributed by atoms with Gasteiger partial charge in [0.05, 0.1) is 0 Å². The molecule has 0 amide bonds. The van der Waals surface area contributed by atoms with E-state index in [1.807, 2.05) is 11.4 Å². The van der Waals surface area contributed by atoms with Crippen LogP contribution in [-0.4, -0.2) is 17.1 Å². The molecule has 1 heterocycles. The maximum Gasteiger partial charge on any atom is 0.346 e. The molecule has 0 radical (unpaired) electrons. The average molecular weight is 225 g/mol. The van der Waals surface area contributed by atoms with Crippen molar-refractivity contribution in [2.75, 3.05) is 0 Å². The molecule has 1 aliphatic rings. The minimum atomic E-state index is -0.816. The van der Waals surface area contributed by atoms with E-state index in [1.54, 1.807) is 0 Å². The van der Waals surface area contributed by atoms with Crippen LogP contribution < -0.4 is 5.32 Å². The summed E-state index contributed by atoms with van der Waals surface area (Å²) in [7, 11) is 0. The molecule has 1 saturated carbocycles. The van der Waals surface area contributed by atoms with E-state index in [9.17, 15) is 4.79 Å². The van der Waals surface area contributed by atoms with Gasteiger partial charge in [-0.1, -0.05) is 6.92 Å². The Morgan fingerprint density at radius 1 is 1.67 bits per heavy atom. The zero-order chi connectivity index (χ0) is 10.8. The second kappa shape index (κ2) is 4.33. The fraction of sp³-hybridized carbons (Fsp3) is 0.545. The van der Waals surface area contributed by atoms with Gasteiger partial charge >= 0.3 is 5.97 Å². The highest BCUT2D eigenvalue weighted by Gasteiger charge is 2.24. The number of thiophene rings is 1. The topological polar surface area (TPSA) is 49.3 Å². The van der Waals surface area contributed by atoms with Crippen LogP contribution in [-0.2, 0) is 6.54 Å². The Labute approximate surface area is 93.1 Å². The zero-order valence-electron chi connectivity index (χ0n) is 8.69. The van der Waals surface area contributed by atoms with Crippen LogP contribution in [0, 0.1) is 5.92 Å². The first-order valence-corrected chi connectivity index (χ1v) is 6.08. The molecule has 0 bridgehead atoms. The molecule has 0 spiro atoms. The largest absolute Gasteiger partial charge is 0.477 e. The lowest BCUT2D eigenvalue weighted by Crippen LogP contribution is -2.39. The molecule has 1 aromatic rings. The molecule has 0 saturated heterocycles. The smallest absolute Gasteiger partial charge is 0.346 e. The number of nitrogens with one attached hydrogen (secondary N) is 1. The van der Waals surface area contributed by atoms with Gasteiger partial charge in [-0.25, -0.2) is 4.79 Å². The highest BCUT2D eigenvalue weighted by Crippen LogP contribution is 2.27. The summed E-state index contributed by atoms with van der Waals surface area (Å²) in [5, 5.41) is 14.1. The van der Waals surface area contributed by atoms with E-state index in [2.05, 4.69) is 12.2 Å². The molecule has 0 atom stereocenters. The van der Waals surface area contributed by atoms with Gasteiger partial charge in [-0.2, -0.15) is 0 Å². The quantitative estimate of drug-likeness (QED) is 0.827. The highest BCUT2D eigenvalue weighted by atomic mass is 32.1. The molecule has 4 heteroatoms. The number of hydrogen-bond donors (Lipinski definition) is 2. The lowest BCUT2D eigenvalue weighted by Gasteiger charge is -2.33. The van der Waals surface area contributed by atoms with Gasteiger partial charge in [-0.15, -0.1) is 11.3 Å². The van der Waals surface area contributed by atoms with E-state index >= 15 is 0 Å². The van der Waals surface area contributed by atoms with Crippen molar-refractivity contribution in [1.82, 2.24) is 5.32 Å². The predicted octanol–water partition coefficient (Wildman–Crippen LogP) is 2.33. The van der Waals surface area contributed by atoms with Crippen molar-refractivity contribution in [3.05, 3.63) is 21.9 Å². The molecule has 1 aliphatic carbocycles. The van der Waals surface area contributed by atoms with Crippen molar-refractivity contribution < 1.29 is 9.90 Å². The Bertz CT molecular complexity index is 355. The fourth-order valence-corrected chi connectivity index (χ4v) is 2.75. The average Bonchev–Trinajstić information content (AvgIpc) is 2.58. The number of carboxylic acids is 1. The number of rotatable bonds is 4. The van der Waals surface area contributed by atoms with Crippen molar-refractivity contribution >= 4 is 17.3 Å². The summed E-state index contributed by atoms with van der Waals surface area (Å²) < 4.78 is 0. The summed E-state index contributed by atoms with van der Waals surface area (Å²) in [5.74, 6) is 0.00713. The van der Waals surface area contributed by atoms with Crippen molar-refractivity contribution in [3.63, 3.8) is 0 Å². The molecule has 1 aromatic heterocycles. The molecule has 0 aliphatic heterocycles. The third kappa shape index (κ3) is 2.38. The van der Waals surface area contributed by atoms with Gasteiger partial charge in [0, 0.05) is 12.6 Å².